The van der Waals surface area contributed by atoms with Crippen molar-refractivity contribution in [3.05, 3.63) is 66.0 Å². The third kappa shape index (κ3) is 5.64. The number of amides is 5. The van der Waals surface area contributed by atoms with Gasteiger partial charge < -0.3 is 10.6 Å². The summed E-state index contributed by atoms with van der Waals surface area (Å²) in [5, 5.41) is 6.10. The Kier molecular flexibility index (Phi) is 7.08. The SMILES string of the molecule is CC1(c2ccccc2)NC(=O)N(NC(=O)CN2CCN(CC(=O)Nc3ccc(F)cc3)CC2)C1=O. The Balaban J connectivity index is 1.23. The highest BCUT2D eigenvalue weighted by molar-refractivity contribution is 6.08. The van der Waals surface area contributed by atoms with Crippen molar-refractivity contribution >= 4 is 29.4 Å². The van der Waals surface area contributed by atoms with Crippen LogP contribution < -0.4 is 16.1 Å². The van der Waals surface area contributed by atoms with Crippen molar-refractivity contribution in [1.82, 2.24) is 25.6 Å². The van der Waals surface area contributed by atoms with Gasteiger partial charge in [0.2, 0.25) is 5.91 Å². The topological polar surface area (TPSA) is 114 Å². The van der Waals surface area contributed by atoms with Crippen molar-refractivity contribution in [2.75, 3.05) is 44.6 Å². The Morgan fingerprint density at radius 2 is 1.49 bits per heavy atom. The average molecular weight is 483 g/mol. The number of imide groups is 1. The van der Waals surface area contributed by atoms with Gasteiger partial charge in [-0.3, -0.25) is 29.6 Å². The second-order valence-electron chi connectivity index (χ2n) is 8.70. The van der Waals surface area contributed by atoms with Crippen molar-refractivity contribution in [2.24, 2.45) is 0 Å². The molecule has 2 aliphatic heterocycles. The molecule has 0 saturated carbocycles. The summed E-state index contributed by atoms with van der Waals surface area (Å²) in [4.78, 5) is 53.9. The molecule has 2 aromatic carbocycles. The van der Waals surface area contributed by atoms with Crippen LogP contribution in [0.4, 0.5) is 14.9 Å². The summed E-state index contributed by atoms with van der Waals surface area (Å²) in [6, 6.07) is 13.7. The summed E-state index contributed by atoms with van der Waals surface area (Å²) in [6.45, 7) is 4.00. The first kappa shape index (κ1) is 24.3. The molecule has 10 nitrogen and oxygen atoms in total. The Bertz CT molecular complexity index is 1100. The van der Waals surface area contributed by atoms with E-state index in [2.05, 4.69) is 16.1 Å². The lowest BCUT2D eigenvalue weighted by atomic mass is 9.92. The summed E-state index contributed by atoms with van der Waals surface area (Å²) in [6.07, 6.45) is 0. The van der Waals surface area contributed by atoms with Gasteiger partial charge in [0, 0.05) is 31.9 Å². The first-order chi connectivity index (χ1) is 16.7. The van der Waals surface area contributed by atoms with E-state index in [-0.39, 0.29) is 24.8 Å². The monoisotopic (exact) mass is 482 g/mol. The lowest BCUT2D eigenvalue weighted by Gasteiger charge is -2.34. The van der Waals surface area contributed by atoms with E-state index in [1.54, 1.807) is 31.2 Å². The minimum absolute atomic E-state index is 0.00866. The number of carbonyl (C=O) groups excluding carboxylic acids is 4. The van der Waals surface area contributed by atoms with Crippen LogP contribution in [0.1, 0.15) is 12.5 Å². The maximum absolute atomic E-state index is 13.0. The molecule has 11 heteroatoms. The molecule has 2 fully saturated rings. The molecule has 1 unspecified atom stereocenters. The van der Waals surface area contributed by atoms with Gasteiger partial charge in [0.15, 0.2) is 0 Å². The molecule has 0 aliphatic carbocycles. The van der Waals surface area contributed by atoms with Gasteiger partial charge in [0.1, 0.15) is 11.4 Å². The van der Waals surface area contributed by atoms with Crippen molar-refractivity contribution in [2.45, 2.75) is 12.5 Å². The molecule has 0 radical (unpaired) electrons. The second kappa shape index (κ2) is 10.2. The van der Waals surface area contributed by atoms with E-state index < -0.39 is 23.4 Å². The summed E-state index contributed by atoms with van der Waals surface area (Å²) in [5.74, 6) is -1.61. The van der Waals surface area contributed by atoms with E-state index in [1.165, 1.54) is 24.3 Å². The Morgan fingerprint density at radius 3 is 2.09 bits per heavy atom. The number of carbonyl (C=O) groups is 4. The largest absolute Gasteiger partial charge is 0.344 e. The zero-order chi connectivity index (χ0) is 25.0. The molecule has 2 saturated heterocycles. The predicted molar refractivity (Wildman–Crippen MR) is 125 cm³/mol. The van der Waals surface area contributed by atoms with E-state index in [0.29, 0.717) is 37.4 Å². The lowest BCUT2D eigenvalue weighted by Crippen LogP contribution is -2.54. The van der Waals surface area contributed by atoms with Crippen LogP contribution in [-0.4, -0.2) is 77.8 Å². The number of piperazine rings is 1. The Morgan fingerprint density at radius 1 is 0.914 bits per heavy atom. The van der Waals surface area contributed by atoms with Crippen LogP contribution in [0.15, 0.2) is 54.6 Å². The summed E-state index contributed by atoms with van der Waals surface area (Å²) < 4.78 is 13.0. The van der Waals surface area contributed by atoms with Crippen LogP contribution in [0.3, 0.4) is 0 Å². The quantitative estimate of drug-likeness (QED) is 0.505. The molecule has 4 rings (SSSR count). The Labute approximate surface area is 202 Å². The second-order valence-corrected chi connectivity index (χ2v) is 8.70. The molecule has 0 aromatic heterocycles. The summed E-state index contributed by atoms with van der Waals surface area (Å²) >= 11 is 0. The van der Waals surface area contributed by atoms with Crippen LogP contribution >= 0.6 is 0 Å². The highest BCUT2D eigenvalue weighted by Crippen LogP contribution is 2.27. The number of halogens is 1. The van der Waals surface area contributed by atoms with Gasteiger partial charge in [0.05, 0.1) is 13.1 Å². The van der Waals surface area contributed by atoms with E-state index in [9.17, 15) is 23.6 Å². The van der Waals surface area contributed by atoms with E-state index in [0.717, 1.165) is 5.01 Å². The average Bonchev–Trinajstić information content (AvgIpc) is 3.06. The molecule has 35 heavy (non-hydrogen) atoms. The van der Waals surface area contributed by atoms with Crippen LogP contribution in [0.5, 0.6) is 0 Å². The molecular formula is C24H27FN6O4. The van der Waals surface area contributed by atoms with Gasteiger partial charge in [-0.05, 0) is 36.8 Å². The van der Waals surface area contributed by atoms with Gasteiger partial charge in [-0.2, -0.15) is 5.01 Å². The number of rotatable bonds is 7. The van der Waals surface area contributed by atoms with Crippen molar-refractivity contribution in [1.29, 1.82) is 0 Å². The number of hydrazine groups is 1. The Hall–Kier alpha value is -3.83. The fraction of sp³-hybridized carbons (Fsp3) is 0.333. The van der Waals surface area contributed by atoms with Crippen molar-refractivity contribution < 1.29 is 23.6 Å². The molecule has 3 N–H and O–H groups in total. The lowest BCUT2D eigenvalue weighted by molar-refractivity contribution is -0.139. The molecule has 2 aromatic rings. The van der Waals surface area contributed by atoms with Crippen molar-refractivity contribution in [3.63, 3.8) is 0 Å². The molecule has 0 bridgehead atoms. The first-order valence-corrected chi connectivity index (χ1v) is 11.3. The molecule has 0 spiro atoms. The number of nitrogens with zero attached hydrogens (tertiary/aromatic N) is 3. The fourth-order valence-corrected chi connectivity index (χ4v) is 4.11. The maximum Gasteiger partial charge on any atom is 0.344 e. The number of hydrogen-bond acceptors (Lipinski definition) is 6. The summed E-state index contributed by atoms with van der Waals surface area (Å²) in [7, 11) is 0. The minimum atomic E-state index is -1.26. The van der Waals surface area contributed by atoms with Crippen LogP contribution in [0.2, 0.25) is 0 Å². The predicted octanol–water partition coefficient (Wildman–Crippen LogP) is 0.880. The highest BCUT2D eigenvalue weighted by atomic mass is 19.1. The molecule has 1 atom stereocenters. The maximum atomic E-state index is 13.0. The third-order valence-corrected chi connectivity index (χ3v) is 6.11. The molecule has 2 heterocycles. The van der Waals surface area contributed by atoms with E-state index in [1.807, 2.05) is 15.9 Å². The number of urea groups is 1. The number of anilines is 1. The van der Waals surface area contributed by atoms with Crippen LogP contribution in [0, 0.1) is 5.82 Å². The van der Waals surface area contributed by atoms with Gasteiger partial charge >= 0.3 is 6.03 Å². The van der Waals surface area contributed by atoms with Gasteiger partial charge in [-0.25, -0.2) is 9.18 Å². The smallest absolute Gasteiger partial charge is 0.325 e. The molecular weight excluding hydrogens is 455 g/mol. The fourth-order valence-electron chi connectivity index (χ4n) is 4.11. The molecule has 2 aliphatic rings. The van der Waals surface area contributed by atoms with Gasteiger partial charge in [-0.15, -0.1) is 0 Å². The highest BCUT2D eigenvalue weighted by Gasteiger charge is 2.50. The number of benzene rings is 2. The number of nitrogens with one attached hydrogen (secondary N) is 3. The minimum Gasteiger partial charge on any atom is -0.325 e. The zero-order valence-electron chi connectivity index (χ0n) is 19.3. The molecule has 184 valence electrons. The zero-order valence-corrected chi connectivity index (χ0v) is 19.3. The molecule has 5 amide bonds. The van der Waals surface area contributed by atoms with E-state index >= 15 is 0 Å². The van der Waals surface area contributed by atoms with Crippen LogP contribution in [-0.2, 0) is 19.9 Å². The van der Waals surface area contributed by atoms with Gasteiger partial charge in [-0.1, -0.05) is 30.3 Å². The van der Waals surface area contributed by atoms with E-state index in [4.69, 9.17) is 0 Å². The number of hydrogen-bond donors (Lipinski definition) is 3. The summed E-state index contributed by atoms with van der Waals surface area (Å²) in [5.41, 5.74) is 2.30. The third-order valence-electron chi connectivity index (χ3n) is 6.11. The normalized spacial score (nSPS) is 21.0. The van der Waals surface area contributed by atoms with Gasteiger partial charge in [0.25, 0.3) is 11.8 Å². The first-order valence-electron chi connectivity index (χ1n) is 11.3. The van der Waals surface area contributed by atoms with Crippen molar-refractivity contribution in [3.8, 4) is 0 Å². The standard InChI is InChI=1S/C24H27FN6O4/c1-24(17-5-3-2-4-6-17)22(34)31(23(35)27-24)28-21(33)16-30-13-11-29(12-14-30)15-20(32)26-19-9-7-18(25)8-10-19/h2-10H,11-16H2,1H3,(H,26,32)(H,27,35)(H,28,33). The van der Waals surface area contributed by atoms with Crippen LogP contribution in [0.25, 0.3) is 0 Å².